The minimum absolute atomic E-state index is 0.00267. The Kier molecular flexibility index (Phi) is 4.33. The van der Waals surface area contributed by atoms with Gasteiger partial charge in [0.15, 0.2) is 0 Å². The minimum Gasteiger partial charge on any atom is -0.490 e. The number of ether oxygens (including phenoxy) is 1. The summed E-state index contributed by atoms with van der Waals surface area (Å²) >= 11 is 0. The van der Waals surface area contributed by atoms with Crippen LogP contribution in [0.2, 0.25) is 0 Å². The van der Waals surface area contributed by atoms with Gasteiger partial charge >= 0.3 is 0 Å². The minimum atomic E-state index is -0.00267. The summed E-state index contributed by atoms with van der Waals surface area (Å²) in [5, 5.41) is 17.3. The molecule has 0 spiro atoms. The second-order valence-corrected chi connectivity index (χ2v) is 7.97. The molecule has 0 bridgehead atoms. The van der Waals surface area contributed by atoms with E-state index < -0.39 is 0 Å². The maximum Gasteiger partial charge on any atom is 0.258 e. The third-order valence-electron chi connectivity index (χ3n) is 5.74. The van der Waals surface area contributed by atoms with Gasteiger partial charge in [0, 0.05) is 17.2 Å². The maximum absolute atomic E-state index is 9.47. The zero-order valence-corrected chi connectivity index (χ0v) is 16.5. The van der Waals surface area contributed by atoms with Crippen molar-refractivity contribution in [2.75, 3.05) is 6.54 Å². The number of benzene rings is 2. The van der Waals surface area contributed by atoms with Crippen molar-refractivity contribution in [2.24, 2.45) is 5.92 Å². The van der Waals surface area contributed by atoms with E-state index in [1.165, 1.54) is 17.5 Å². The number of rotatable bonds is 4. The Labute approximate surface area is 169 Å². The number of nitrogens with zero attached hydrogens (tertiary/aromatic N) is 3. The largest absolute Gasteiger partial charge is 0.490 e. The van der Waals surface area contributed by atoms with Crippen molar-refractivity contribution >= 4 is 0 Å². The first kappa shape index (κ1) is 17.9. The van der Waals surface area contributed by atoms with E-state index >= 15 is 0 Å². The summed E-state index contributed by atoms with van der Waals surface area (Å²) in [6.07, 6.45) is 2.25. The third-order valence-corrected chi connectivity index (χ3v) is 5.74. The maximum atomic E-state index is 9.47. The molecule has 146 valence electrons. The molecule has 0 amide bonds. The summed E-state index contributed by atoms with van der Waals surface area (Å²) in [6, 6.07) is 14.3. The summed E-state index contributed by atoms with van der Waals surface area (Å²) in [5.74, 6) is 2.22. The molecule has 1 fully saturated rings. The van der Waals surface area contributed by atoms with Crippen LogP contribution in [0.4, 0.5) is 0 Å². The van der Waals surface area contributed by atoms with Gasteiger partial charge in [-0.25, -0.2) is 0 Å². The molecule has 2 aromatic carbocycles. The molecule has 0 radical (unpaired) electrons. The van der Waals surface area contributed by atoms with Crippen LogP contribution in [0.25, 0.3) is 22.8 Å². The van der Waals surface area contributed by atoms with Crippen LogP contribution in [0, 0.1) is 17.2 Å². The highest BCUT2D eigenvalue weighted by Gasteiger charge is 2.37. The first-order valence-electron chi connectivity index (χ1n) is 10.0. The molecule has 5 rings (SSSR count). The quantitative estimate of drug-likeness (QED) is 0.721. The van der Waals surface area contributed by atoms with E-state index in [-0.39, 0.29) is 6.10 Å². The number of nitrogens with one attached hydrogen (secondary N) is 1. The third kappa shape index (κ3) is 3.08. The molecule has 0 saturated carbocycles. The molecule has 1 saturated heterocycles. The van der Waals surface area contributed by atoms with Crippen LogP contribution in [0.1, 0.15) is 43.0 Å². The average molecular weight is 386 g/mol. The van der Waals surface area contributed by atoms with Crippen molar-refractivity contribution in [1.29, 1.82) is 5.26 Å². The predicted octanol–water partition coefficient (Wildman–Crippen LogP) is 4.27. The van der Waals surface area contributed by atoms with E-state index in [0.29, 0.717) is 40.6 Å². The molecule has 1 aromatic heterocycles. The van der Waals surface area contributed by atoms with Gasteiger partial charge in [-0.1, -0.05) is 23.4 Å². The van der Waals surface area contributed by atoms with Gasteiger partial charge in [0.1, 0.15) is 11.8 Å². The number of hydrogen-bond donors (Lipinski definition) is 1. The summed E-state index contributed by atoms with van der Waals surface area (Å²) in [5.41, 5.74) is 4.88. The smallest absolute Gasteiger partial charge is 0.258 e. The fraction of sp³-hybridized carbons (Fsp3) is 0.348. The number of aromatic nitrogens is 2. The van der Waals surface area contributed by atoms with Gasteiger partial charge in [0.05, 0.1) is 11.7 Å². The van der Waals surface area contributed by atoms with E-state index in [1.54, 1.807) is 12.1 Å². The normalized spacial score (nSPS) is 19.8. The SMILES string of the molecule is CC(C)Oc1ccc(-c2nc(-c3cccc4c3CC3CCNC43)no2)cc1C#N. The first-order valence-corrected chi connectivity index (χ1v) is 10.0. The fourth-order valence-corrected chi connectivity index (χ4v) is 4.49. The molecule has 2 heterocycles. The molecule has 6 heteroatoms. The van der Waals surface area contributed by atoms with Crippen molar-refractivity contribution in [2.45, 2.75) is 38.8 Å². The van der Waals surface area contributed by atoms with E-state index in [9.17, 15) is 5.26 Å². The van der Waals surface area contributed by atoms with Crippen LogP contribution >= 0.6 is 0 Å². The topological polar surface area (TPSA) is 84.0 Å². The highest BCUT2D eigenvalue weighted by atomic mass is 16.5. The van der Waals surface area contributed by atoms with Crippen LogP contribution in [0.5, 0.6) is 5.75 Å². The number of fused-ring (bicyclic) bond motifs is 3. The molecule has 29 heavy (non-hydrogen) atoms. The Bertz CT molecular complexity index is 1110. The monoisotopic (exact) mass is 386 g/mol. The summed E-state index contributed by atoms with van der Waals surface area (Å²) in [7, 11) is 0. The summed E-state index contributed by atoms with van der Waals surface area (Å²) in [4.78, 5) is 4.64. The van der Waals surface area contributed by atoms with Gasteiger partial charge in [-0.2, -0.15) is 10.2 Å². The second kappa shape index (κ2) is 7.02. The lowest BCUT2D eigenvalue weighted by molar-refractivity contribution is 0.242. The zero-order valence-electron chi connectivity index (χ0n) is 16.5. The predicted molar refractivity (Wildman–Crippen MR) is 108 cm³/mol. The molecular weight excluding hydrogens is 364 g/mol. The van der Waals surface area contributed by atoms with E-state index in [1.807, 2.05) is 19.9 Å². The van der Waals surface area contributed by atoms with Crippen LogP contribution < -0.4 is 10.1 Å². The molecule has 1 aliphatic heterocycles. The highest BCUT2D eigenvalue weighted by molar-refractivity contribution is 5.67. The molecule has 1 aliphatic carbocycles. The summed E-state index contributed by atoms with van der Waals surface area (Å²) in [6.45, 7) is 4.95. The molecule has 2 aliphatic rings. The Hall–Kier alpha value is -3.17. The summed E-state index contributed by atoms with van der Waals surface area (Å²) < 4.78 is 11.2. The Morgan fingerprint density at radius 2 is 2.17 bits per heavy atom. The Morgan fingerprint density at radius 1 is 1.28 bits per heavy atom. The Morgan fingerprint density at radius 3 is 3.00 bits per heavy atom. The van der Waals surface area contributed by atoms with Gasteiger partial charge in [-0.15, -0.1) is 0 Å². The van der Waals surface area contributed by atoms with Gasteiger partial charge < -0.3 is 14.6 Å². The highest BCUT2D eigenvalue weighted by Crippen LogP contribution is 2.44. The Balaban J connectivity index is 1.49. The lowest BCUT2D eigenvalue weighted by Gasteiger charge is -2.11. The van der Waals surface area contributed by atoms with Gasteiger partial charge in [0.2, 0.25) is 5.82 Å². The van der Waals surface area contributed by atoms with Crippen molar-refractivity contribution in [3.8, 4) is 34.7 Å². The lowest BCUT2D eigenvalue weighted by Crippen LogP contribution is -2.13. The first-order chi connectivity index (χ1) is 14.1. The average Bonchev–Trinajstić information content (AvgIpc) is 3.43. The van der Waals surface area contributed by atoms with E-state index in [2.05, 4.69) is 39.7 Å². The van der Waals surface area contributed by atoms with Crippen molar-refractivity contribution in [1.82, 2.24) is 15.5 Å². The molecular formula is C23H22N4O2. The number of hydrogen-bond acceptors (Lipinski definition) is 6. The second-order valence-electron chi connectivity index (χ2n) is 7.97. The van der Waals surface area contributed by atoms with Crippen LogP contribution in [-0.2, 0) is 6.42 Å². The molecule has 2 atom stereocenters. The van der Waals surface area contributed by atoms with Gasteiger partial charge in [-0.3, -0.25) is 0 Å². The van der Waals surface area contributed by atoms with E-state index in [0.717, 1.165) is 18.5 Å². The van der Waals surface area contributed by atoms with Gasteiger partial charge in [-0.05, 0) is 68.5 Å². The molecule has 6 nitrogen and oxygen atoms in total. The van der Waals surface area contributed by atoms with Crippen molar-refractivity contribution < 1.29 is 9.26 Å². The molecule has 1 N–H and O–H groups in total. The van der Waals surface area contributed by atoms with Crippen molar-refractivity contribution in [3.63, 3.8) is 0 Å². The standard InChI is InChI=1S/C23H22N4O2/c1-13(2)28-20-7-6-15(10-16(20)12-24)23-26-22(27-29-23)18-5-3-4-17-19(18)11-14-8-9-25-21(14)17/h3-7,10,13-14,21,25H,8-9,11H2,1-2H3. The fourth-order valence-electron chi connectivity index (χ4n) is 4.49. The number of nitriles is 1. The molecule has 3 aromatic rings. The zero-order chi connectivity index (χ0) is 20.0. The van der Waals surface area contributed by atoms with Crippen LogP contribution in [-0.4, -0.2) is 22.8 Å². The van der Waals surface area contributed by atoms with Gasteiger partial charge in [0.25, 0.3) is 5.89 Å². The lowest BCUT2D eigenvalue weighted by atomic mass is 10.0. The van der Waals surface area contributed by atoms with E-state index in [4.69, 9.17) is 9.26 Å². The van der Waals surface area contributed by atoms with Crippen LogP contribution in [0.15, 0.2) is 40.9 Å². The van der Waals surface area contributed by atoms with Crippen LogP contribution in [0.3, 0.4) is 0 Å². The molecule has 2 unspecified atom stereocenters. The van der Waals surface area contributed by atoms with Crippen molar-refractivity contribution in [3.05, 3.63) is 53.1 Å².